The van der Waals surface area contributed by atoms with Gasteiger partial charge in [-0.1, -0.05) is 30.3 Å². The molecule has 3 heterocycles. The molecule has 0 bridgehead atoms. The van der Waals surface area contributed by atoms with Crippen LogP contribution in [0.5, 0.6) is 0 Å². The van der Waals surface area contributed by atoms with Crippen molar-refractivity contribution in [2.75, 3.05) is 19.7 Å². The van der Waals surface area contributed by atoms with E-state index in [-0.39, 0.29) is 17.8 Å². The molecular formula is C25H23FN4O2. The molecule has 0 saturated carbocycles. The Labute approximate surface area is 185 Å². The fourth-order valence-electron chi connectivity index (χ4n) is 4.13. The van der Waals surface area contributed by atoms with Crippen molar-refractivity contribution in [3.8, 4) is 11.3 Å². The minimum Gasteiger partial charge on any atom is -0.368 e. The first-order valence-corrected chi connectivity index (χ1v) is 10.7. The first kappa shape index (κ1) is 20.3. The van der Waals surface area contributed by atoms with Gasteiger partial charge in [-0.15, -0.1) is 0 Å². The van der Waals surface area contributed by atoms with Gasteiger partial charge in [-0.25, -0.2) is 9.37 Å². The lowest BCUT2D eigenvalue weighted by Gasteiger charge is -2.32. The fraction of sp³-hybridized carbons (Fsp3) is 0.240. The molecule has 0 unspecified atom stereocenters. The van der Waals surface area contributed by atoms with Gasteiger partial charge >= 0.3 is 0 Å². The summed E-state index contributed by atoms with van der Waals surface area (Å²) in [5.74, 6) is -0.264. The number of carbonyl (C=O) groups is 1. The van der Waals surface area contributed by atoms with Crippen LogP contribution in [0.1, 0.15) is 23.8 Å². The smallest absolute Gasteiger partial charge is 0.223 e. The summed E-state index contributed by atoms with van der Waals surface area (Å²) in [6.07, 6.45) is 5.84. The van der Waals surface area contributed by atoms with E-state index in [1.807, 2.05) is 29.3 Å². The van der Waals surface area contributed by atoms with E-state index >= 15 is 0 Å². The number of hydrogen-bond acceptors (Lipinski definition) is 4. The highest BCUT2D eigenvalue weighted by atomic mass is 19.1. The lowest BCUT2D eigenvalue weighted by Crippen LogP contribution is -2.42. The largest absolute Gasteiger partial charge is 0.368 e. The Morgan fingerprint density at radius 2 is 2.00 bits per heavy atom. The van der Waals surface area contributed by atoms with Gasteiger partial charge in [0.1, 0.15) is 11.9 Å². The molecule has 6 nitrogen and oxygen atoms in total. The van der Waals surface area contributed by atoms with Crippen LogP contribution in [0.2, 0.25) is 0 Å². The van der Waals surface area contributed by atoms with E-state index in [9.17, 15) is 9.18 Å². The summed E-state index contributed by atoms with van der Waals surface area (Å²) in [6.45, 7) is 1.38. The van der Waals surface area contributed by atoms with Gasteiger partial charge in [0.25, 0.3) is 0 Å². The number of H-pyrrole nitrogens is 1. The maximum Gasteiger partial charge on any atom is 0.223 e. The van der Waals surface area contributed by atoms with Crippen molar-refractivity contribution in [3.63, 3.8) is 0 Å². The molecule has 7 heteroatoms. The number of benzene rings is 2. The second-order valence-corrected chi connectivity index (χ2v) is 7.87. The standard InChI is InChI=1S/C25H23FN4O2/c26-20-7-3-1-6-19(20)22-14-27-15-23(29-22)24-16-30(11-12-32-24)25(31)10-9-17-13-28-21-8-4-2-5-18(17)21/h1-8,13-15,24,28H,9-12,16H2/t24-/m1/s1. The second-order valence-electron chi connectivity index (χ2n) is 7.87. The molecule has 0 spiro atoms. The second kappa shape index (κ2) is 8.88. The van der Waals surface area contributed by atoms with Crippen molar-refractivity contribution in [1.82, 2.24) is 19.9 Å². The molecule has 1 aliphatic heterocycles. The molecule has 2 aromatic heterocycles. The van der Waals surface area contributed by atoms with Crippen molar-refractivity contribution in [3.05, 3.63) is 84.2 Å². The number of nitrogens with zero attached hydrogens (tertiary/aromatic N) is 3. The third-order valence-electron chi connectivity index (χ3n) is 5.84. The van der Waals surface area contributed by atoms with E-state index in [1.165, 1.54) is 12.3 Å². The van der Waals surface area contributed by atoms with E-state index in [0.717, 1.165) is 16.5 Å². The Balaban J connectivity index is 1.27. The maximum atomic E-state index is 14.2. The third-order valence-corrected chi connectivity index (χ3v) is 5.84. The molecule has 1 N–H and O–H groups in total. The summed E-state index contributed by atoms with van der Waals surface area (Å²) in [6, 6.07) is 14.6. The maximum absolute atomic E-state index is 14.2. The van der Waals surface area contributed by atoms with Crippen LogP contribution in [0.15, 0.2) is 67.1 Å². The third kappa shape index (κ3) is 4.11. The van der Waals surface area contributed by atoms with Crippen molar-refractivity contribution in [2.45, 2.75) is 18.9 Å². The Kier molecular flexibility index (Phi) is 5.64. The summed E-state index contributed by atoms with van der Waals surface area (Å²) >= 11 is 0. The van der Waals surface area contributed by atoms with Gasteiger partial charge in [-0.2, -0.15) is 0 Å². The first-order valence-electron chi connectivity index (χ1n) is 10.7. The van der Waals surface area contributed by atoms with Crippen LogP contribution in [0, 0.1) is 5.82 Å². The Morgan fingerprint density at radius 3 is 2.91 bits per heavy atom. The summed E-state index contributed by atoms with van der Waals surface area (Å²) in [7, 11) is 0. The van der Waals surface area contributed by atoms with E-state index in [1.54, 1.807) is 24.4 Å². The number of morpholine rings is 1. The summed E-state index contributed by atoms with van der Waals surface area (Å²) < 4.78 is 20.0. The number of nitrogens with one attached hydrogen (secondary N) is 1. The predicted octanol–water partition coefficient (Wildman–Crippen LogP) is 4.30. The Morgan fingerprint density at radius 1 is 1.16 bits per heavy atom. The lowest BCUT2D eigenvalue weighted by molar-refractivity contribution is -0.139. The summed E-state index contributed by atoms with van der Waals surface area (Å²) in [5, 5.41) is 1.15. The summed E-state index contributed by atoms with van der Waals surface area (Å²) in [4.78, 5) is 26.8. The van der Waals surface area contributed by atoms with Gasteiger partial charge in [0.15, 0.2) is 0 Å². The highest BCUT2D eigenvalue weighted by Gasteiger charge is 2.27. The van der Waals surface area contributed by atoms with Crippen LogP contribution < -0.4 is 0 Å². The number of halogens is 1. The molecular weight excluding hydrogens is 407 g/mol. The topological polar surface area (TPSA) is 71.1 Å². The highest BCUT2D eigenvalue weighted by Crippen LogP contribution is 2.25. The van der Waals surface area contributed by atoms with E-state index in [0.29, 0.717) is 49.5 Å². The van der Waals surface area contributed by atoms with Crippen LogP contribution in [-0.4, -0.2) is 45.5 Å². The predicted molar refractivity (Wildman–Crippen MR) is 119 cm³/mol. The number of aromatic nitrogens is 3. The van der Waals surface area contributed by atoms with Crippen molar-refractivity contribution in [1.29, 1.82) is 0 Å². The molecule has 4 aromatic rings. The normalized spacial score (nSPS) is 16.4. The number of aryl methyl sites for hydroxylation is 1. The number of aromatic amines is 1. The van der Waals surface area contributed by atoms with Crippen LogP contribution in [0.4, 0.5) is 4.39 Å². The van der Waals surface area contributed by atoms with Crippen molar-refractivity contribution < 1.29 is 13.9 Å². The molecule has 162 valence electrons. The lowest BCUT2D eigenvalue weighted by atomic mass is 10.1. The SMILES string of the molecule is O=C(CCc1c[nH]c2ccccc12)N1CCO[C@@H](c2cncc(-c3ccccc3F)n2)C1. The van der Waals surface area contributed by atoms with Crippen LogP contribution in [-0.2, 0) is 16.0 Å². The van der Waals surface area contributed by atoms with Gasteiger partial charge in [0, 0.05) is 35.6 Å². The average molecular weight is 430 g/mol. The minimum absolute atomic E-state index is 0.0850. The number of carbonyl (C=O) groups excluding carboxylic acids is 1. The van der Waals surface area contributed by atoms with Gasteiger partial charge in [-0.05, 0) is 30.2 Å². The number of rotatable bonds is 5. The quantitative estimate of drug-likeness (QED) is 0.513. The molecule has 1 amide bonds. The fourth-order valence-corrected chi connectivity index (χ4v) is 4.13. The molecule has 1 fully saturated rings. The monoisotopic (exact) mass is 430 g/mol. The van der Waals surface area contributed by atoms with Crippen molar-refractivity contribution >= 4 is 16.8 Å². The molecule has 32 heavy (non-hydrogen) atoms. The van der Waals surface area contributed by atoms with Crippen molar-refractivity contribution in [2.24, 2.45) is 0 Å². The molecule has 1 saturated heterocycles. The van der Waals surface area contributed by atoms with Crippen LogP contribution >= 0.6 is 0 Å². The molecule has 1 atom stereocenters. The molecule has 0 radical (unpaired) electrons. The zero-order valence-electron chi connectivity index (χ0n) is 17.5. The molecule has 2 aromatic carbocycles. The summed E-state index contributed by atoms with van der Waals surface area (Å²) in [5.41, 5.74) is 3.66. The van der Waals surface area contributed by atoms with Gasteiger partial charge in [0.05, 0.1) is 36.9 Å². The average Bonchev–Trinajstić information content (AvgIpc) is 3.26. The number of para-hydroxylation sites is 1. The number of ether oxygens (including phenoxy) is 1. The zero-order valence-corrected chi connectivity index (χ0v) is 17.5. The number of amides is 1. The number of fused-ring (bicyclic) bond motifs is 1. The van der Waals surface area contributed by atoms with E-state index < -0.39 is 0 Å². The van der Waals surface area contributed by atoms with Gasteiger partial charge < -0.3 is 14.6 Å². The zero-order chi connectivity index (χ0) is 21.9. The van der Waals surface area contributed by atoms with E-state index in [4.69, 9.17) is 4.74 Å². The molecule has 1 aliphatic rings. The van der Waals surface area contributed by atoms with E-state index in [2.05, 4.69) is 21.0 Å². The Bertz CT molecular complexity index is 1260. The van der Waals surface area contributed by atoms with Crippen LogP contribution in [0.25, 0.3) is 22.2 Å². The highest BCUT2D eigenvalue weighted by molar-refractivity contribution is 5.84. The first-order chi connectivity index (χ1) is 15.7. The Hall–Kier alpha value is -3.58. The van der Waals surface area contributed by atoms with Gasteiger partial charge in [-0.3, -0.25) is 9.78 Å². The van der Waals surface area contributed by atoms with Crippen LogP contribution in [0.3, 0.4) is 0 Å². The minimum atomic E-state index is -0.389. The molecule has 5 rings (SSSR count). The molecule has 0 aliphatic carbocycles. The number of hydrogen-bond donors (Lipinski definition) is 1. The van der Waals surface area contributed by atoms with Gasteiger partial charge in [0.2, 0.25) is 5.91 Å².